The van der Waals surface area contributed by atoms with E-state index in [0.717, 1.165) is 12.3 Å². The number of hydrogen-bond acceptors (Lipinski definition) is 2. The zero-order valence-corrected chi connectivity index (χ0v) is 13.0. The molecule has 3 rings (SSSR count). The second-order valence-corrected chi connectivity index (χ2v) is 11.8. The predicted octanol–water partition coefficient (Wildman–Crippen LogP) is 1.59. The Hall–Kier alpha value is 0.695. The molecule has 2 bridgehead atoms. The molecule has 1 aliphatic heterocycles. The molecular weight excluding hydrogens is 364 g/mol. The zero-order chi connectivity index (χ0) is 8.29. The summed E-state index contributed by atoms with van der Waals surface area (Å²) in [5.74, 6) is 1.70. The minimum atomic E-state index is -1.19. The molecular formula is C8H9ClHgO2. The number of carbonyl (C=O) groups is 1. The average Bonchev–Trinajstić information content (AvgIpc) is 2.63. The van der Waals surface area contributed by atoms with Gasteiger partial charge in [-0.05, 0) is 0 Å². The van der Waals surface area contributed by atoms with Gasteiger partial charge in [-0.1, -0.05) is 0 Å². The van der Waals surface area contributed by atoms with E-state index < -0.39 is 23.3 Å². The summed E-state index contributed by atoms with van der Waals surface area (Å²) in [7, 11) is 6.07. The monoisotopic (exact) mass is 374 g/mol. The molecule has 0 N–H and O–H groups in total. The normalized spacial score (nSPS) is 54.1. The summed E-state index contributed by atoms with van der Waals surface area (Å²) in [5.41, 5.74) is 0. The van der Waals surface area contributed by atoms with Crippen LogP contribution in [-0.4, -0.2) is 12.1 Å². The Morgan fingerprint density at radius 3 is 3.08 bits per heavy atom. The van der Waals surface area contributed by atoms with Crippen molar-refractivity contribution in [2.45, 2.75) is 22.4 Å². The van der Waals surface area contributed by atoms with Crippen molar-refractivity contribution in [3.05, 3.63) is 0 Å². The van der Waals surface area contributed by atoms with Gasteiger partial charge >= 0.3 is 87.2 Å². The fourth-order valence-electron chi connectivity index (χ4n) is 3.29. The van der Waals surface area contributed by atoms with E-state index in [4.69, 9.17) is 13.0 Å². The molecule has 5 atom stereocenters. The van der Waals surface area contributed by atoms with Crippen molar-refractivity contribution < 1.29 is 32.9 Å². The summed E-state index contributed by atoms with van der Waals surface area (Å²) in [5, 5.41) is 0. The average molecular weight is 373 g/mol. The van der Waals surface area contributed by atoms with Gasteiger partial charge in [0.1, 0.15) is 0 Å². The molecule has 0 aromatic carbocycles. The van der Waals surface area contributed by atoms with Gasteiger partial charge < -0.3 is 0 Å². The Bertz CT molecular complexity index is 245. The molecule has 0 amide bonds. The number of halogens is 1. The molecule has 12 heavy (non-hydrogen) atoms. The van der Waals surface area contributed by atoms with Crippen LogP contribution in [0.1, 0.15) is 12.8 Å². The maximum atomic E-state index is 11.3. The predicted molar refractivity (Wildman–Crippen MR) is 39.2 cm³/mol. The van der Waals surface area contributed by atoms with Crippen LogP contribution in [0.3, 0.4) is 0 Å². The third-order valence-corrected chi connectivity index (χ3v) is 12.7. The number of rotatable bonds is 1. The van der Waals surface area contributed by atoms with Crippen LogP contribution in [-0.2, 0) is 32.9 Å². The van der Waals surface area contributed by atoms with Crippen molar-refractivity contribution in [1.29, 1.82) is 0 Å². The van der Waals surface area contributed by atoms with Gasteiger partial charge in [-0.25, -0.2) is 0 Å². The molecule has 0 spiro atoms. The number of carbonyl (C=O) groups excluding carboxylic acids is 1. The first-order chi connectivity index (χ1) is 5.81. The van der Waals surface area contributed by atoms with E-state index >= 15 is 0 Å². The van der Waals surface area contributed by atoms with Crippen molar-refractivity contribution in [2.24, 2.45) is 17.8 Å². The number of fused-ring (bicyclic) bond motifs is 1. The number of esters is 1. The molecule has 1 heterocycles. The molecule has 3 fully saturated rings. The van der Waals surface area contributed by atoms with Gasteiger partial charge in [0.2, 0.25) is 0 Å². The topological polar surface area (TPSA) is 26.3 Å². The van der Waals surface area contributed by atoms with Gasteiger partial charge in [0.25, 0.3) is 0 Å². The Balaban J connectivity index is 1.96. The van der Waals surface area contributed by atoms with Crippen molar-refractivity contribution in [3.63, 3.8) is 0 Å². The third-order valence-electron chi connectivity index (χ3n) is 3.83. The molecule has 4 heteroatoms. The molecule has 3 aliphatic rings. The Labute approximate surface area is 86.9 Å². The first-order valence-corrected chi connectivity index (χ1v) is 14.5. The first kappa shape index (κ1) is 8.04. The second-order valence-electron chi connectivity index (χ2n) is 4.22. The van der Waals surface area contributed by atoms with E-state index in [1.165, 1.54) is 6.42 Å². The second kappa shape index (κ2) is 2.60. The van der Waals surface area contributed by atoms with Crippen LogP contribution in [0.25, 0.3) is 0 Å². The van der Waals surface area contributed by atoms with Gasteiger partial charge in [0, 0.05) is 0 Å². The van der Waals surface area contributed by atoms with E-state index in [2.05, 4.69) is 0 Å². The molecule has 0 radical (unpaired) electrons. The molecule has 0 aromatic rings. The molecule has 62 valence electrons. The molecule has 1 saturated heterocycles. The summed E-state index contributed by atoms with van der Waals surface area (Å²) in [6.07, 6.45) is 2.61. The van der Waals surface area contributed by atoms with Crippen LogP contribution < -0.4 is 0 Å². The van der Waals surface area contributed by atoms with Crippen LogP contribution in [0, 0.1) is 17.8 Å². The van der Waals surface area contributed by atoms with Crippen molar-refractivity contribution >= 4 is 14.2 Å². The first-order valence-electron chi connectivity index (χ1n) is 4.57. The van der Waals surface area contributed by atoms with E-state index in [-0.39, 0.29) is 18.0 Å². The van der Waals surface area contributed by atoms with Crippen molar-refractivity contribution in [2.75, 3.05) is 0 Å². The van der Waals surface area contributed by atoms with Crippen LogP contribution in [0.4, 0.5) is 0 Å². The van der Waals surface area contributed by atoms with Gasteiger partial charge in [-0.3, -0.25) is 0 Å². The number of ether oxygens (including phenoxy) is 1. The SMILES string of the molecule is O=C1OC2C3CC(CC13)[CH]2[Hg][Cl]. The van der Waals surface area contributed by atoms with Crippen molar-refractivity contribution in [1.82, 2.24) is 0 Å². The Kier molecular flexibility index (Phi) is 1.74. The van der Waals surface area contributed by atoms with Crippen LogP contribution in [0.15, 0.2) is 0 Å². The quantitative estimate of drug-likeness (QED) is 0.516. The van der Waals surface area contributed by atoms with Crippen LogP contribution >= 0.6 is 8.25 Å². The van der Waals surface area contributed by atoms with Gasteiger partial charge in [0.05, 0.1) is 0 Å². The molecule has 0 aromatic heterocycles. The summed E-state index contributed by atoms with van der Waals surface area (Å²) < 4.78 is 6.05. The van der Waals surface area contributed by atoms with Gasteiger partial charge in [-0.15, -0.1) is 0 Å². The molecule has 2 nitrogen and oxygen atoms in total. The van der Waals surface area contributed by atoms with E-state index in [0.29, 0.717) is 9.34 Å². The van der Waals surface area contributed by atoms with Crippen LogP contribution in [0.2, 0.25) is 3.43 Å². The Morgan fingerprint density at radius 2 is 2.33 bits per heavy atom. The van der Waals surface area contributed by atoms with Gasteiger partial charge in [-0.2, -0.15) is 0 Å². The molecule has 5 unspecified atom stereocenters. The summed E-state index contributed by atoms with van der Waals surface area (Å²) in [4.78, 5) is 11.3. The third kappa shape index (κ3) is 0.835. The molecule has 2 saturated carbocycles. The van der Waals surface area contributed by atoms with E-state index in [1.807, 2.05) is 0 Å². The molecule has 2 aliphatic carbocycles. The summed E-state index contributed by atoms with van der Waals surface area (Å²) >= 11 is -1.19. The number of hydrogen-bond donors (Lipinski definition) is 0. The maximum absolute atomic E-state index is 11.3. The summed E-state index contributed by atoms with van der Waals surface area (Å²) in [6, 6.07) is 0. The van der Waals surface area contributed by atoms with E-state index in [1.54, 1.807) is 0 Å². The fraction of sp³-hybridized carbons (Fsp3) is 0.875. The zero-order valence-electron chi connectivity index (χ0n) is 6.70. The van der Waals surface area contributed by atoms with Crippen molar-refractivity contribution in [3.8, 4) is 0 Å². The van der Waals surface area contributed by atoms with E-state index in [9.17, 15) is 4.79 Å². The fourth-order valence-corrected chi connectivity index (χ4v) is 11.9. The van der Waals surface area contributed by atoms with Crippen LogP contribution in [0.5, 0.6) is 0 Å². The minimum absolute atomic E-state index is 0.0773. The standard InChI is InChI=1S/C8H9O2.ClH.Hg/c9-8-6-2-4-1-5(6)7(3-4)10-8;;/h3-7H,1-2H2;1H;/q;;+1/p-1. The summed E-state index contributed by atoms with van der Waals surface area (Å²) in [6.45, 7) is 0. The van der Waals surface area contributed by atoms with Gasteiger partial charge in [0.15, 0.2) is 0 Å². The Morgan fingerprint density at radius 1 is 1.50 bits per heavy atom.